The van der Waals surface area contributed by atoms with Crippen LogP contribution in [0.25, 0.3) is 0 Å². The maximum Gasteiger partial charge on any atom is 0.228 e. The standard InChI is InChI=1S/C18H28N4O2.2ClH/c1-14(13-19-2)18(24)20-16-6-4-15(5-7-16)12-17(23)22-10-8-21(3)9-11-22;;/h4-7,14,19H,8-13H2,1-3H3,(H,20,24);2*1H. The molecule has 0 radical (unpaired) electrons. The van der Waals surface area contributed by atoms with E-state index in [1.807, 2.05) is 43.1 Å². The zero-order valence-corrected chi connectivity index (χ0v) is 17.3. The minimum absolute atomic E-state index is 0. The van der Waals surface area contributed by atoms with Crippen LogP contribution in [-0.2, 0) is 16.0 Å². The van der Waals surface area contributed by atoms with Gasteiger partial charge in [-0.15, -0.1) is 24.8 Å². The van der Waals surface area contributed by atoms with Gasteiger partial charge in [-0.2, -0.15) is 0 Å². The Labute approximate surface area is 168 Å². The Kier molecular flexibility index (Phi) is 11.5. The highest BCUT2D eigenvalue weighted by Crippen LogP contribution is 2.13. The summed E-state index contributed by atoms with van der Waals surface area (Å²) < 4.78 is 0. The van der Waals surface area contributed by atoms with E-state index in [-0.39, 0.29) is 42.5 Å². The van der Waals surface area contributed by atoms with Gasteiger partial charge in [0, 0.05) is 44.3 Å². The average Bonchev–Trinajstić information content (AvgIpc) is 2.57. The summed E-state index contributed by atoms with van der Waals surface area (Å²) in [6.45, 7) is 5.99. The van der Waals surface area contributed by atoms with Crippen molar-refractivity contribution in [3.63, 3.8) is 0 Å². The molecule has 2 rings (SSSR count). The first-order valence-electron chi connectivity index (χ1n) is 8.50. The van der Waals surface area contributed by atoms with Crippen LogP contribution in [0.3, 0.4) is 0 Å². The second-order valence-corrected chi connectivity index (χ2v) is 6.51. The highest BCUT2D eigenvalue weighted by Gasteiger charge is 2.19. The molecule has 0 bridgehead atoms. The summed E-state index contributed by atoms with van der Waals surface area (Å²) >= 11 is 0. The monoisotopic (exact) mass is 404 g/mol. The van der Waals surface area contributed by atoms with Gasteiger partial charge in [0.05, 0.1) is 6.42 Å². The number of carbonyl (C=O) groups excluding carboxylic acids is 2. The largest absolute Gasteiger partial charge is 0.340 e. The highest BCUT2D eigenvalue weighted by molar-refractivity contribution is 5.92. The van der Waals surface area contributed by atoms with Crippen LogP contribution in [0.15, 0.2) is 24.3 Å². The minimum atomic E-state index is -0.0894. The van der Waals surface area contributed by atoms with Gasteiger partial charge in [-0.1, -0.05) is 19.1 Å². The van der Waals surface area contributed by atoms with Gasteiger partial charge in [0.1, 0.15) is 0 Å². The summed E-state index contributed by atoms with van der Waals surface area (Å²) in [5, 5.41) is 5.89. The normalized spacial score (nSPS) is 15.4. The maximum atomic E-state index is 12.3. The van der Waals surface area contributed by atoms with Crippen LogP contribution >= 0.6 is 24.8 Å². The summed E-state index contributed by atoms with van der Waals surface area (Å²) in [5.74, 6) is 0.0710. The number of rotatable bonds is 6. The Hall–Kier alpha value is -1.34. The Morgan fingerprint density at radius 2 is 1.65 bits per heavy atom. The zero-order valence-electron chi connectivity index (χ0n) is 15.7. The number of amides is 2. The van der Waals surface area contributed by atoms with Crippen molar-refractivity contribution >= 4 is 42.3 Å². The smallest absolute Gasteiger partial charge is 0.228 e. The van der Waals surface area contributed by atoms with Gasteiger partial charge in [-0.25, -0.2) is 0 Å². The Morgan fingerprint density at radius 1 is 1.08 bits per heavy atom. The molecule has 1 aliphatic heterocycles. The second-order valence-electron chi connectivity index (χ2n) is 6.51. The van der Waals surface area contributed by atoms with Gasteiger partial charge in [-0.3, -0.25) is 9.59 Å². The summed E-state index contributed by atoms with van der Waals surface area (Å²) in [6.07, 6.45) is 0.411. The van der Waals surface area contributed by atoms with Crippen molar-refractivity contribution in [2.45, 2.75) is 13.3 Å². The summed E-state index contributed by atoms with van der Waals surface area (Å²) in [4.78, 5) is 28.5. The Bertz CT molecular complexity index is 561. The van der Waals surface area contributed by atoms with E-state index in [1.54, 1.807) is 0 Å². The van der Waals surface area contributed by atoms with Crippen molar-refractivity contribution in [3.05, 3.63) is 29.8 Å². The lowest BCUT2D eigenvalue weighted by molar-refractivity contribution is -0.132. The number of hydrogen-bond acceptors (Lipinski definition) is 4. The molecule has 1 atom stereocenters. The van der Waals surface area contributed by atoms with Crippen LogP contribution in [0, 0.1) is 5.92 Å². The van der Waals surface area contributed by atoms with E-state index >= 15 is 0 Å². The van der Waals surface area contributed by atoms with Gasteiger partial charge in [0.25, 0.3) is 0 Å². The van der Waals surface area contributed by atoms with E-state index in [9.17, 15) is 9.59 Å². The van der Waals surface area contributed by atoms with Crippen molar-refractivity contribution in [1.29, 1.82) is 0 Å². The van der Waals surface area contributed by atoms with E-state index in [2.05, 4.69) is 22.6 Å². The van der Waals surface area contributed by atoms with Crippen LogP contribution in [0.5, 0.6) is 0 Å². The molecule has 0 saturated carbocycles. The fourth-order valence-electron chi connectivity index (χ4n) is 2.71. The minimum Gasteiger partial charge on any atom is -0.340 e. The lowest BCUT2D eigenvalue weighted by Crippen LogP contribution is -2.47. The third-order valence-electron chi connectivity index (χ3n) is 4.39. The number of anilines is 1. The van der Waals surface area contributed by atoms with E-state index < -0.39 is 0 Å². The number of piperazine rings is 1. The number of carbonyl (C=O) groups is 2. The number of likely N-dealkylation sites (N-methyl/N-ethyl adjacent to an activating group) is 1. The quantitative estimate of drug-likeness (QED) is 0.756. The van der Waals surface area contributed by atoms with E-state index in [0.29, 0.717) is 13.0 Å². The fraction of sp³-hybridized carbons (Fsp3) is 0.556. The molecule has 0 spiro atoms. The number of nitrogens with one attached hydrogen (secondary N) is 2. The van der Waals surface area contributed by atoms with Crippen LogP contribution < -0.4 is 10.6 Å². The molecular formula is C18H30Cl2N4O2. The van der Waals surface area contributed by atoms with Gasteiger partial charge in [0.2, 0.25) is 11.8 Å². The molecule has 1 fully saturated rings. The average molecular weight is 405 g/mol. The van der Waals surface area contributed by atoms with Gasteiger partial charge < -0.3 is 20.4 Å². The number of halogens is 2. The second kappa shape index (κ2) is 12.1. The van der Waals surface area contributed by atoms with Crippen LogP contribution in [-0.4, -0.2) is 68.4 Å². The summed E-state index contributed by atoms with van der Waals surface area (Å²) in [5.41, 5.74) is 1.74. The first-order valence-corrected chi connectivity index (χ1v) is 8.50. The number of benzene rings is 1. The zero-order chi connectivity index (χ0) is 17.5. The third kappa shape index (κ3) is 7.50. The van der Waals surface area contributed by atoms with Crippen molar-refractivity contribution < 1.29 is 9.59 Å². The molecule has 1 saturated heterocycles. The van der Waals surface area contributed by atoms with Crippen molar-refractivity contribution in [1.82, 2.24) is 15.1 Å². The fourth-order valence-corrected chi connectivity index (χ4v) is 2.71. The van der Waals surface area contributed by atoms with Crippen molar-refractivity contribution in [2.75, 3.05) is 52.1 Å². The first-order chi connectivity index (χ1) is 11.5. The first kappa shape index (κ1) is 24.7. The molecule has 2 amide bonds. The molecule has 1 aliphatic rings. The van der Waals surface area contributed by atoms with Crippen LogP contribution in [0.2, 0.25) is 0 Å². The molecule has 6 nitrogen and oxygen atoms in total. The highest BCUT2D eigenvalue weighted by atomic mass is 35.5. The number of nitrogens with zero attached hydrogens (tertiary/aromatic N) is 2. The maximum absolute atomic E-state index is 12.3. The molecule has 26 heavy (non-hydrogen) atoms. The molecule has 0 aliphatic carbocycles. The van der Waals surface area contributed by atoms with E-state index in [1.165, 1.54) is 0 Å². The molecular weight excluding hydrogens is 375 g/mol. The Balaban J connectivity index is 0.00000312. The number of hydrogen-bond donors (Lipinski definition) is 2. The van der Waals surface area contributed by atoms with E-state index in [4.69, 9.17) is 0 Å². The molecule has 1 heterocycles. The lowest BCUT2D eigenvalue weighted by atomic mass is 10.1. The van der Waals surface area contributed by atoms with Gasteiger partial charge in [-0.05, 0) is 31.8 Å². The molecule has 0 aromatic heterocycles. The Morgan fingerprint density at radius 3 is 2.19 bits per heavy atom. The predicted molar refractivity (Wildman–Crippen MR) is 110 cm³/mol. The lowest BCUT2D eigenvalue weighted by Gasteiger charge is -2.32. The molecule has 1 unspecified atom stereocenters. The molecule has 1 aromatic carbocycles. The van der Waals surface area contributed by atoms with E-state index in [0.717, 1.165) is 37.4 Å². The summed E-state index contributed by atoms with van der Waals surface area (Å²) in [7, 11) is 3.90. The van der Waals surface area contributed by atoms with Crippen molar-refractivity contribution in [2.24, 2.45) is 5.92 Å². The summed E-state index contributed by atoms with van der Waals surface area (Å²) in [6, 6.07) is 7.53. The molecule has 1 aromatic rings. The van der Waals surface area contributed by atoms with Gasteiger partial charge >= 0.3 is 0 Å². The predicted octanol–water partition coefficient (Wildman–Crippen LogP) is 1.64. The van der Waals surface area contributed by atoms with Crippen LogP contribution in [0.4, 0.5) is 5.69 Å². The molecule has 2 N–H and O–H groups in total. The SMILES string of the molecule is CNCC(C)C(=O)Nc1ccc(CC(=O)N2CCN(C)CC2)cc1.Cl.Cl. The topological polar surface area (TPSA) is 64.7 Å². The molecule has 148 valence electrons. The van der Waals surface area contributed by atoms with Crippen LogP contribution in [0.1, 0.15) is 12.5 Å². The molecule has 8 heteroatoms. The van der Waals surface area contributed by atoms with Gasteiger partial charge in [0.15, 0.2) is 0 Å². The van der Waals surface area contributed by atoms with Crippen molar-refractivity contribution in [3.8, 4) is 0 Å². The third-order valence-corrected chi connectivity index (χ3v) is 4.39.